The molecule has 0 N–H and O–H groups in total. The number of piperazine rings is 1. The normalized spacial score (nSPS) is 14.6. The van der Waals surface area contributed by atoms with Gasteiger partial charge in [0.05, 0.1) is 6.54 Å². The molecule has 1 fully saturated rings. The molecular formula is C19H27N3O4. The number of aryl methyl sites for hydroxylation is 2. The molecule has 3 amide bonds. The maximum Gasteiger partial charge on any atom is 0.312 e. The van der Waals surface area contributed by atoms with Crippen LogP contribution in [0.1, 0.15) is 18.1 Å². The zero-order chi connectivity index (χ0) is 19.3. The second-order valence-corrected chi connectivity index (χ2v) is 6.60. The van der Waals surface area contributed by atoms with Crippen LogP contribution in [0.25, 0.3) is 0 Å². The molecule has 0 aliphatic carbocycles. The molecule has 1 aromatic rings. The van der Waals surface area contributed by atoms with E-state index in [4.69, 9.17) is 4.74 Å². The molecule has 0 aromatic heterocycles. The van der Waals surface area contributed by atoms with E-state index in [0.29, 0.717) is 32.8 Å². The van der Waals surface area contributed by atoms with E-state index in [0.717, 1.165) is 16.9 Å². The lowest BCUT2D eigenvalue weighted by Gasteiger charge is -2.33. The Hall–Kier alpha value is -2.57. The van der Waals surface area contributed by atoms with Gasteiger partial charge in [0, 0.05) is 26.7 Å². The SMILES string of the molecule is CCN1CCN(CC(=O)N(C)CCOc2cc(C)cc(C)c2)C(=O)C1=O. The summed E-state index contributed by atoms with van der Waals surface area (Å²) < 4.78 is 5.71. The lowest BCUT2D eigenvalue weighted by molar-refractivity contribution is -0.157. The molecule has 1 aromatic carbocycles. The smallest absolute Gasteiger partial charge is 0.312 e. The van der Waals surface area contributed by atoms with Gasteiger partial charge in [0.2, 0.25) is 5.91 Å². The summed E-state index contributed by atoms with van der Waals surface area (Å²) in [5.41, 5.74) is 2.25. The van der Waals surface area contributed by atoms with Gasteiger partial charge < -0.3 is 19.4 Å². The summed E-state index contributed by atoms with van der Waals surface area (Å²) in [6, 6.07) is 5.97. The van der Waals surface area contributed by atoms with Gasteiger partial charge in [-0.15, -0.1) is 0 Å². The lowest BCUT2D eigenvalue weighted by Crippen LogP contribution is -2.56. The van der Waals surface area contributed by atoms with Crippen LogP contribution in [0.5, 0.6) is 5.75 Å². The van der Waals surface area contributed by atoms with Crippen molar-refractivity contribution in [1.29, 1.82) is 0 Å². The van der Waals surface area contributed by atoms with Crippen molar-refractivity contribution in [2.75, 3.05) is 46.4 Å². The minimum atomic E-state index is -0.605. The van der Waals surface area contributed by atoms with Crippen LogP contribution in [0.4, 0.5) is 0 Å². The van der Waals surface area contributed by atoms with Crippen LogP contribution in [0.3, 0.4) is 0 Å². The molecule has 1 heterocycles. The van der Waals surface area contributed by atoms with E-state index in [1.54, 1.807) is 7.05 Å². The minimum Gasteiger partial charge on any atom is -0.492 e. The molecule has 1 aliphatic rings. The van der Waals surface area contributed by atoms with Crippen molar-refractivity contribution in [2.45, 2.75) is 20.8 Å². The molecule has 0 saturated carbocycles. The van der Waals surface area contributed by atoms with Crippen molar-refractivity contribution in [3.05, 3.63) is 29.3 Å². The van der Waals surface area contributed by atoms with Gasteiger partial charge in [0.1, 0.15) is 18.9 Å². The molecule has 1 aliphatic heterocycles. The second-order valence-electron chi connectivity index (χ2n) is 6.60. The third-order valence-electron chi connectivity index (χ3n) is 4.42. The van der Waals surface area contributed by atoms with Crippen molar-refractivity contribution in [2.24, 2.45) is 0 Å². The Balaban J connectivity index is 1.80. The van der Waals surface area contributed by atoms with Crippen LogP contribution in [0.15, 0.2) is 18.2 Å². The summed E-state index contributed by atoms with van der Waals surface area (Å²) in [4.78, 5) is 40.6. The first-order valence-corrected chi connectivity index (χ1v) is 8.85. The highest BCUT2D eigenvalue weighted by molar-refractivity contribution is 6.35. The molecule has 0 atom stereocenters. The molecule has 0 bridgehead atoms. The Kier molecular flexibility index (Phi) is 6.60. The second kappa shape index (κ2) is 8.69. The third-order valence-corrected chi connectivity index (χ3v) is 4.42. The lowest BCUT2D eigenvalue weighted by atomic mass is 10.1. The number of likely N-dealkylation sites (N-methyl/N-ethyl adjacent to an activating group) is 2. The van der Waals surface area contributed by atoms with E-state index in [1.807, 2.05) is 32.9 Å². The molecule has 0 spiro atoms. The molecule has 2 rings (SSSR count). The summed E-state index contributed by atoms with van der Waals surface area (Å²) in [5, 5.41) is 0. The minimum absolute atomic E-state index is 0.0812. The number of hydrogen-bond acceptors (Lipinski definition) is 4. The number of nitrogens with zero attached hydrogens (tertiary/aromatic N) is 3. The average molecular weight is 361 g/mol. The van der Waals surface area contributed by atoms with Crippen molar-refractivity contribution in [3.63, 3.8) is 0 Å². The number of amides is 3. The molecule has 0 unspecified atom stereocenters. The molecule has 1 saturated heterocycles. The number of hydrogen-bond donors (Lipinski definition) is 0. The van der Waals surface area contributed by atoms with Gasteiger partial charge in [-0.25, -0.2) is 0 Å². The highest BCUT2D eigenvalue weighted by Gasteiger charge is 2.32. The van der Waals surface area contributed by atoms with E-state index < -0.39 is 11.8 Å². The zero-order valence-electron chi connectivity index (χ0n) is 15.9. The fourth-order valence-electron chi connectivity index (χ4n) is 2.89. The predicted molar refractivity (Wildman–Crippen MR) is 97.9 cm³/mol. The number of carbonyl (C=O) groups is 3. The van der Waals surface area contributed by atoms with E-state index in [9.17, 15) is 14.4 Å². The standard InChI is InChI=1S/C19H27N3O4/c1-5-21-6-7-22(19(25)18(21)24)13-17(23)20(4)8-9-26-16-11-14(2)10-15(3)12-16/h10-12H,5-9,13H2,1-4H3. The van der Waals surface area contributed by atoms with Gasteiger partial charge in [0.15, 0.2) is 0 Å². The van der Waals surface area contributed by atoms with Crippen molar-refractivity contribution < 1.29 is 19.1 Å². The van der Waals surface area contributed by atoms with Crippen molar-refractivity contribution in [1.82, 2.24) is 14.7 Å². The van der Waals surface area contributed by atoms with E-state index >= 15 is 0 Å². The van der Waals surface area contributed by atoms with E-state index in [2.05, 4.69) is 6.07 Å². The van der Waals surface area contributed by atoms with Gasteiger partial charge in [-0.05, 0) is 44.0 Å². The third kappa shape index (κ3) is 4.97. The summed E-state index contributed by atoms with van der Waals surface area (Å²) in [7, 11) is 1.67. The first-order valence-electron chi connectivity index (χ1n) is 8.85. The van der Waals surface area contributed by atoms with Crippen LogP contribution >= 0.6 is 0 Å². The Morgan fingerprint density at radius 2 is 1.65 bits per heavy atom. The Morgan fingerprint density at radius 3 is 2.27 bits per heavy atom. The van der Waals surface area contributed by atoms with Crippen LogP contribution in [-0.4, -0.2) is 78.8 Å². The van der Waals surface area contributed by atoms with Gasteiger partial charge >= 0.3 is 11.8 Å². The maximum absolute atomic E-state index is 12.3. The van der Waals surface area contributed by atoms with Crippen molar-refractivity contribution >= 4 is 17.7 Å². The largest absolute Gasteiger partial charge is 0.492 e. The Bertz CT molecular complexity index is 669. The number of ether oxygens (including phenoxy) is 1. The highest BCUT2D eigenvalue weighted by Crippen LogP contribution is 2.16. The van der Waals surface area contributed by atoms with Crippen LogP contribution < -0.4 is 4.74 Å². The van der Waals surface area contributed by atoms with E-state index in [1.165, 1.54) is 14.7 Å². The maximum atomic E-state index is 12.3. The first-order chi connectivity index (χ1) is 12.3. The zero-order valence-corrected chi connectivity index (χ0v) is 15.9. The summed E-state index contributed by atoms with van der Waals surface area (Å²) in [6.07, 6.45) is 0. The summed E-state index contributed by atoms with van der Waals surface area (Å²) in [6.45, 7) is 7.88. The Morgan fingerprint density at radius 1 is 1.08 bits per heavy atom. The molecule has 142 valence electrons. The van der Waals surface area contributed by atoms with Crippen LogP contribution in [0, 0.1) is 13.8 Å². The molecule has 26 heavy (non-hydrogen) atoms. The fraction of sp³-hybridized carbons (Fsp3) is 0.526. The highest BCUT2D eigenvalue weighted by atomic mass is 16.5. The van der Waals surface area contributed by atoms with Gasteiger partial charge in [-0.1, -0.05) is 6.07 Å². The summed E-state index contributed by atoms with van der Waals surface area (Å²) in [5.74, 6) is -0.571. The monoisotopic (exact) mass is 361 g/mol. The van der Waals surface area contributed by atoms with Gasteiger partial charge in [-0.3, -0.25) is 14.4 Å². The molecule has 7 nitrogen and oxygen atoms in total. The predicted octanol–water partition coefficient (Wildman–Crippen LogP) is 0.831. The fourth-order valence-corrected chi connectivity index (χ4v) is 2.89. The topological polar surface area (TPSA) is 70.2 Å². The summed E-state index contributed by atoms with van der Waals surface area (Å²) >= 11 is 0. The van der Waals surface area contributed by atoms with Gasteiger partial charge in [0.25, 0.3) is 0 Å². The Labute approximate surface area is 154 Å². The van der Waals surface area contributed by atoms with Crippen LogP contribution in [-0.2, 0) is 14.4 Å². The first kappa shape index (κ1) is 19.8. The van der Waals surface area contributed by atoms with Crippen LogP contribution in [0.2, 0.25) is 0 Å². The van der Waals surface area contributed by atoms with Crippen molar-refractivity contribution in [3.8, 4) is 5.75 Å². The average Bonchev–Trinajstić information content (AvgIpc) is 2.58. The quantitative estimate of drug-likeness (QED) is 0.675. The number of benzene rings is 1. The van der Waals surface area contributed by atoms with E-state index in [-0.39, 0.29) is 12.5 Å². The number of rotatable bonds is 7. The molecule has 7 heteroatoms. The number of carbonyl (C=O) groups excluding carboxylic acids is 3. The molecular weight excluding hydrogens is 334 g/mol. The molecule has 0 radical (unpaired) electrons. The van der Waals surface area contributed by atoms with Gasteiger partial charge in [-0.2, -0.15) is 0 Å².